The zero-order valence-corrected chi connectivity index (χ0v) is 16.1. The molecule has 2 atom stereocenters. The summed E-state index contributed by atoms with van der Waals surface area (Å²) in [5.74, 6) is 3.37. The van der Waals surface area contributed by atoms with E-state index in [0.29, 0.717) is 13.4 Å². The Kier molecular flexibility index (Phi) is 3.73. The molecule has 0 aromatic heterocycles. The van der Waals surface area contributed by atoms with Gasteiger partial charge in [0.25, 0.3) is 0 Å². The lowest BCUT2D eigenvalue weighted by Crippen LogP contribution is -2.38. The summed E-state index contributed by atoms with van der Waals surface area (Å²) in [6, 6.07) is 13.0. The predicted molar refractivity (Wildman–Crippen MR) is 108 cm³/mol. The molecule has 1 N–H and O–H groups in total. The molecule has 1 fully saturated rings. The van der Waals surface area contributed by atoms with Gasteiger partial charge in [0.2, 0.25) is 6.79 Å². The van der Waals surface area contributed by atoms with Crippen molar-refractivity contribution in [1.29, 1.82) is 0 Å². The van der Waals surface area contributed by atoms with Crippen LogP contribution in [0.4, 0.5) is 5.69 Å². The molecule has 5 heteroatoms. The molecule has 4 heterocycles. The van der Waals surface area contributed by atoms with Gasteiger partial charge in [-0.25, -0.2) is 0 Å². The van der Waals surface area contributed by atoms with Gasteiger partial charge in [0.05, 0.1) is 5.41 Å². The Morgan fingerprint density at radius 3 is 2.82 bits per heavy atom. The topological polar surface area (TPSA) is 43.0 Å². The first kappa shape index (κ1) is 16.5. The fraction of sp³-hybridized carbons (Fsp3) is 0.478. The van der Waals surface area contributed by atoms with Crippen molar-refractivity contribution in [2.24, 2.45) is 5.92 Å². The molecule has 6 rings (SSSR count). The van der Waals surface area contributed by atoms with Crippen molar-refractivity contribution < 1.29 is 14.2 Å². The minimum atomic E-state index is -0.113. The number of nitrogens with zero attached hydrogens (tertiary/aromatic N) is 1. The Morgan fingerprint density at radius 1 is 1.04 bits per heavy atom. The molecule has 0 amide bonds. The highest BCUT2D eigenvalue weighted by atomic mass is 16.7. The lowest BCUT2D eigenvalue weighted by molar-refractivity contribution is 0.173. The second-order valence-electron chi connectivity index (χ2n) is 8.51. The van der Waals surface area contributed by atoms with E-state index in [2.05, 4.69) is 40.5 Å². The maximum absolute atomic E-state index is 6.19. The van der Waals surface area contributed by atoms with Crippen LogP contribution >= 0.6 is 0 Å². The van der Waals surface area contributed by atoms with Gasteiger partial charge in [-0.1, -0.05) is 18.2 Å². The zero-order valence-electron chi connectivity index (χ0n) is 16.1. The van der Waals surface area contributed by atoms with Gasteiger partial charge in [0.1, 0.15) is 12.4 Å². The smallest absolute Gasteiger partial charge is 0.231 e. The number of para-hydroxylation sites is 1. The molecule has 1 spiro atoms. The molecule has 146 valence electrons. The quantitative estimate of drug-likeness (QED) is 0.888. The third kappa shape index (κ3) is 2.42. The summed E-state index contributed by atoms with van der Waals surface area (Å²) in [6.07, 6.45) is 3.90. The summed E-state index contributed by atoms with van der Waals surface area (Å²) >= 11 is 0. The van der Waals surface area contributed by atoms with Gasteiger partial charge in [0.15, 0.2) is 11.5 Å². The van der Waals surface area contributed by atoms with Crippen LogP contribution in [-0.4, -0.2) is 39.6 Å². The number of nitrogens with one attached hydrogen (secondary N) is 1. The van der Waals surface area contributed by atoms with Crippen molar-refractivity contribution in [2.45, 2.75) is 24.7 Å². The molecule has 0 radical (unpaired) electrons. The first-order valence-corrected chi connectivity index (χ1v) is 10.5. The Balaban J connectivity index is 1.34. The number of benzene rings is 2. The van der Waals surface area contributed by atoms with Crippen LogP contribution in [0, 0.1) is 5.92 Å². The zero-order chi connectivity index (χ0) is 18.6. The second-order valence-corrected chi connectivity index (χ2v) is 8.51. The first-order valence-electron chi connectivity index (χ1n) is 10.5. The van der Waals surface area contributed by atoms with E-state index in [-0.39, 0.29) is 5.41 Å². The maximum atomic E-state index is 6.19. The van der Waals surface area contributed by atoms with Crippen LogP contribution in [0.15, 0.2) is 36.4 Å². The van der Waals surface area contributed by atoms with Gasteiger partial charge in [-0.3, -0.25) is 0 Å². The number of anilines is 1. The molecule has 0 bridgehead atoms. The maximum Gasteiger partial charge on any atom is 0.231 e. The van der Waals surface area contributed by atoms with Crippen molar-refractivity contribution in [1.82, 2.24) is 5.32 Å². The normalized spacial score (nSPS) is 27.0. The van der Waals surface area contributed by atoms with E-state index in [9.17, 15) is 0 Å². The number of piperidine rings is 1. The van der Waals surface area contributed by atoms with Crippen LogP contribution in [0.1, 0.15) is 30.4 Å². The highest BCUT2D eigenvalue weighted by Crippen LogP contribution is 2.54. The summed E-state index contributed by atoms with van der Waals surface area (Å²) < 4.78 is 17.4. The van der Waals surface area contributed by atoms with Crippen molar-refractivity contribution in [3.05, 3.63) is 47.5 Å². The molecule has 4 aliphatic heterocycles. The highest BCUT2D eigenvalue weighted by molar-refractivity contribution is 5.70. The Bertz CT molecular complexity index is 909. The molecule has 4 aliphatic rings. The third-order valence-electron chi connectivity index (χ3n) is 6.89. The third-order valence-corrected chi connectivity index (χ3v) is 6.89. The number of hydrogen-bond donors (Lipinski definition) is 1. The molecule has 0 saturated carbocycles. The minimum absolute atomic E-state index is 0.113. The Hall–Kier alpha value is -2.40. The van der Waals surface area contributed by atoms with Gasteiger partial charge in [0, 0.05) is 30.4 Å². The van der Waals surface area contributed by atoms with Crippen molar-refractivity contribution in [3.8, 4) is 17.2 Å². The van der Waals surface area contributed by atoms with Gasteiger partial charge in [-0.2, -0.15) is 0 Å². The molecule has 0 aliphatic carbocycles. The molecule has 5 nitrogen and oxygen atoms in total. The Labute approximate surface area is 165 Å². The van der Waals surface area contributed by atoms with Crippen LogP contribution in [0.3, 0.4) is 0 Å². The largest absolute Gasteiger partial charge is 0.492 e. The SMILES string of the molecule is c1ccc2c(c1)N(CCC1CCCNC1)CC21COc2cc3c(cc21)OCO3. The van der Waals surface area contributed by atoms with E-state index in [1.165, 1.54) is 42.6 Å². The van der Waals surface area contributed by atoms with E-state index in [4.69, 9.17) is 14.2 Å². The number of ether oxygens (including phenoxy) is 3. The number of fused-ring (bicyclic) bond motifs is 5. The fourth-order valence-electron chi connectivity index (χ4n) is 5.41. The summed E-state index contributed by atoms with van der Waals surface area (Å²) in [6.45, 7) is 5.39. The highest BCUT2D eigenvalue weighted by Gasteiger charge is 2.50. The average Bonchev–Trinajstić information content (AvgIpc) is 3.43. The van der Waals surface area contributed by atoms with Crippen molar-refractivity contribution in [2.75, 3.05) is 44.5 Å². The van der Waals surface area contributed by atoms with Gasteiger partial charge < -0.3 is 24.4 Å². The summed E-state index contributed by atoms with van der Waals surface area (Å²) in [5, 5.41) is 3.55. The predicted octanol–water partition coefficient (Wildman–Crippen LogP) is 3.30. The summed E-state index contributed by atoms with van der Waals surface area (Å²) in [5.41, 5.74) is 3.87. The van der Waals surface area contributed by atoms with Crippen LogP contribution in [0.2, 0.25) is 0 Å². The van der Waals surface area contributed by atoms with Gasteiger partial charge >= 0.3 is 0 Å². The van der Waals surface area contributed by atoms with Gasteiger partial charge in [-0.05, 0) is 56.0 Å². The van der Waals surface area contributed by atoms with Crippen LogP contribution < -0.4 is 24.4 Å². The van der Waals surface area contributed by atoms with Crippen LogP contribution in [0.5, 0.6) is 17.2 Å². The molecule has 2 aromatic rings. The van der Waals surface area contributed by atoms with E-state index in [0.717, 1.165) is 42.8 Å². The summed E-state index contributed by atoms with van der Waals surface area (Å²) in [7, 11) is 0. The van der Waals surface area contributed by atoms with Crippen LogP contribution in [0.25, 0.3) is 0 Å². The molecular weight excluding hydrogens is 352 g/mol. The molecular formula is C23H26N2O3. The molecule has 1 saturated heterocycles. The van der Waals surface area contributed by atoms with Crippen molar-refractivity contribution >= 4 is 5.69 Å². The second kappa shape index (κ2) is 6.31. The van der Waals surface area contributed by atoms with Crippen molar-refractivity contribution in [3.63, 3.8) is 0 Å². The lowest BCUT2D eigenvalue weighted by Gasteiger charge is -2.28. The Morgan fingerprint density at radius 2 is 1.93 bits per heavy atom. The molecule has 2 unspecified atom stereocenters. The van der Waals surface area contributed by atoms with Gasteiger partial charge in [-0.15, -0.1) is 0 Å². The average molecular weight is 378 g/mol. The minimum Gasteiger partial charge on any atom is -0.492 e. The molecule has 2 aromatic carbocycles. The van der Waals surface area contributed by atoms with E-state index in [1.54, 1.807) is 0 Å². The fourth-order valence-corrected chi connectivity index (χ4v) is 5.41. The van der Waals surface area contributed by atoms with E-state index < -0.39 is 0 Å². The molecule has 28 heavy (non-hydrogen) atoms. The number of rotatable bonds is 3. The standard InChI is InChI=1S/C23H26N2O3/c1-2-6-19-17(5-1)23(13-25(19)9-7-16-4-3-8-24-12-16)14-26-20-11-22-21(10-18(20)23)27-15-28-22/h1-2,5-6,10-11,16,24H,3-4,7-9,12-15H2. The lowest BCUT2D eigenvalue weighted by atomic mass is 9.77. The number of hydrogen-bond acceptors (Lipinski definition) is 5. The van der Waals surface area contributed by atoms with Crippen LogP contribution in [-0.2, 0) is 5.41 Å². The van der Waals surface area contributed by atoms with E-state index >= 15 is 0 Å². The monoisotopic (exact) mass is 378 g/mol. The summed E-state index contributed by atoms with van der Waals surface area (Å²) in [4.78, 5) is 2.58. The van der Waals surface area contributed by atoms with E-state index in [1.807, 2.05) is 6.07 Å². The first-order chi connectivity index (χ1) is 13.8.